The number of aliphatic imine (C=N–C) groups is 1. The van der Waals surface area contributed by atoms with E-state index in [1.807, 2.05) is 30.3 Å². The SMILES string of the molecule is CN=C(NCCc1cccc(OC)c1)NCc1ccccc1. The van der Waals surface area contributed by atoms with Gasteiger partial charge in [0, 0.05) is 20.1 Å². The lowest BCUT2D eigenvalue weighted by molar-refractivity contribution is 0.414. The number of methoxy groups -OCH3 is 1. The van der Waals surface area contributed by atoms with Gasteiger partial charge in [0.25, 0.3) is 0 Å². The minimum absolute atomic E-state index is 0.764. The molecule has 2 N–H and O–H groups in total. The van der Waals surface area contributed by atoms with E-state index < -0.39 is 0 Å². The molecule has 2 rings (SSSR count). The molecule has 116 valence electrons. The summed E-state index contributed by atoms with van der Waals surface area (Å²) in [6, 6.07) is 18.4. The van der Waals surface area contributed by atoms with Gasteiger partial charge in [-0.3, -0.25) is 4.99 Å². The minimum Gasteiger partial charge on any atom is -0.497 e. The van der Waals surface area contributed by atoms with Gasteiger partial charge in [-0.15, -0.1) is 0 Å². The number of hydrogen-bond donors (Lipinski definition) is 2. The molecule has 0 saturated carbocycles. The Bertz CT molecular complexity index is 596. The van der Waals surface area contributed by atoms with E-state index in [1.165, 1.54) is 11.1 Å². The predicted octanol–water partition coefficient (Wildman–Crippen LogP) is 2.60. The van der Waals surface area contributed by atoms with Crippen molar-refractivity contribution in [2.45, 2.75) is 13.0 Å². The highest BCUT2D eigenvalue weighted by Gasteiger charge is 1.99. The lowest BCUT2D eigenvalue weighted by Crippen LogP contribution is -2.37. The molecular formula is C18H23N3O. The van der Waals surface area contributed by atoms with Crippen LogP contribution in [-0.4, -0.2) is 26.7 Å². The molecule has 0 aliphatic carbocycles. The standard InChI is InChI=1S/C18H23N3O/c1-19-18(21-14-16-7-4-3-5-8-16)20-12-11-15-9-6-10-17(13-15)22-2/h3-10,13H,11-12,14H2,1-2H3,(H2,19,20,21). The number of guanidine groups is 1. The van der Waals surface area contributed by atoms with Gasteiger partial charge in [-0.1, -0.05) is 42.5 Å². The first kappa shape index (κ1) is 15.9. The van der Waals surface area contributed by atoms with Crippen LogP contribution in [0.2, 0.25) is 0 Å². The smallest absolute Gasteiger partial charge is 0.191 e. The first-order valence-corrected chi connectivity index (χ1v) is 7.43. The molecular weight excluding hydrogens is 274 g/mol. The molecule has 0 bridgehead atoms. The van der Waals surface area contributed by atoms with Crippen molar-refractivity contribution in [1.82, 2.24) is 10.6 Å². The Morgan fingerprint density at radius 1 is 1.00 bits per heavy atom. The molecule has 0 aliphatic heterocycles. The van der Waals surface area contributed by atoms with E-state index in [0.29, 0.717) is 0 Å². The van der Waals surface area contributed by atoms with Crippen LogP contribution in [0.1, 0.15) is 11.1 Å². The van der Waals surface area contributed by atoms with E-state index in [1.54, 1.807) is 14.2 Å². The fourth-order valence-corrected chi connectivity index (χ4v) is 2.16. The molecule has 4 nitrogen and oxygen atoms in total. The van der Waals surface area contributed by atoms with Gasteiger partial charge in [-0.2, -0.15) is 0 Å². The van der Waals surface area contributed by atoms with Crippen LogP contribution < -0.4 is 15.4 Å². The van der Waals surface area contributed by atoms with Gasteiger partial charge < -0.3 is 15.4 Å². The second kappa shape index (κ2) is 8.72. The Labute approximate surface area is 132 Å². The largest absolute Gasteiger partial charge is 0.497 e. The number of ether oxygens (including phenoxy) is 1. The van der Waals surface area contributed by atoms with Gasteiger partial charge in [0.15, 0.2) is 5.96 Å². The molecule has 0 fully saturated rings. The molecule has 0 saturated heterocycles. The highest BCUT2D eigenvalue weighted by molar-refractivity contribution is 5.79. The highest BCUT2D eigenvalue weighted by atomic mass is 16.5. The summed E-state index contributed by atoms with van der Waals surface area (Å²) < 4.78 is 5.23. The van der Waals surface area contributed by atoms with Crippen molar-refractivity contribution in [2.24, 2.45) is 4.99 Å². The molecule has 0 unspecified atom stereocenters. The van der Waals surface area contributed by atoms with Crippen molar-refractivity contribution in [1.29, 1.82) is 0 Å². The van der Waals surface area contributed by atoms with Crippen LogP contribution in [0, 0.1) is 0 Å². The number of nitrogens with one attached hydrogen (secondary N) is 2. The van der Waals surface area contributed by atoms with Crippen molar-refractivity contribution >= 4 is 5.96 Å². The van der Waals surface area contributed by atoms with Gasteiger partial charge in [0.05, 0.1) is 7.11 Å². The van der Waals surface area contributed by atoms with Crippen LogP contribution in [0.25, 0.3) is 0 Å². The van der Waals surface area contributed by atoms with Gasteiger partial charge >= 0.3 is 0 Å². The maximum Gasteiger partial charge on any atom is 0.191 e. The van der Waals surface area contributed by atoms with Gasteiger partial charge in [0.1, 0.15) is 5.75 Å². The Kier molecular flexibility index (Phi) is 6.30. The van der Waals surface area contributed by atoms with Crippen molar-refractivity contribution in [3.05, 3.63) is 65.7 Å². The second-order valence-electron chi connectivity index (χ2n) is 4.94. The summed E-state index contributed by atoms with van der Waals surface area (Å²) in [6.07, 6.45) is 0.920. The van der Waals surface area contributed by atoms with Crippen LogP contribution in [-0.2, 0) is 13.0 Å². The average molecular weight is 297 g/mol. The Hall–Kier alpha value is -2.49. The monoisotopic (exact) mass is 297 g/mol. The van der Waals surface area contributed by atoms with Crippen LogP contribution in [0.5, 0.6) is 5.75 Å². The zero-order valence-corrected chi connectivity index (χ0v) is 13.2. The summed E-state index contributed by atoms with van der Waals surface area (Å²) >= 11 is 0. The van der Waals surface area contributed by atoms with E-state index in [9.17, 15) is 0 Å². The summed E-state index contributed by atoms with van der Waals surface area (Å²) in [6.45, 7) is 1.58. The van der Waals surface area contributed by atoms with Gasteiger partial charge in [-0.25, -0.2) is 0 Å². The summed E-state index contributed by atoms with van der Waals surface area (Å²) in [7, 11) is 3.47. The van der Waals surface area contributed by atoms with Crippen molar-refractivity contribution in [2.75, 3.05) is 20.7 Å². The topological polar surface area (TPSA) is 45.7 Å². The molecule has 0 radical (unpaired) electrons. The Morgan fingerprint density at radius 3 is 2.50 bits per heavy atom. The third kappa shape index (κ3) is 5.13. The van der Waals surface area contributed by atoms with Crippen molar-refractivity contribution in [3.8, 4) is 5.75 Å². The summed E-state index contributed by atoms with van der Waals surface area (Å²) in [4.78, 5) is 4.24. The number of rotatable bonds is 6. The first-order valence-electron chi connectivity index (χ1n) is 7.43. The van der Waals surface area contributed by atoms with Crippen molar-refractivity contribution < 1.29 is 4.74 Å². The fourth-order valence-electron chi connectivity index (χ4n) is 2.16. The maximum absolute atomic E-state index is 5.23. The van der Waals surface area contributed by atoms with Crippen LogP contribution >= 0.6 is 0 Å². The maximum atomic E-state index is 5.23. The first-order chi connectivity index (χ1) is 10.8. The minimum atomic E-state index is 0.764. The lowest BCUT2D eigenvalue weighted by Gasteiger charge is -2.12. The van der Waals surface area contributed by atoms with Crippen LogP contribution in [0.3, 0.4) is 0 Å². The van der Waals surface area contributed by atoms with E-state index in [2.05, 4.69) is 39.9 Å². The number of nitrogens with zero attached hydrogens (tertiary/aromatic N) is 1. The molecule has 4 heteroatoms. The second-order valence-corrected chi connectivity index (χ2v) is 4.94. The van der Waals surface area contributed by atoms with E-state index in [-0.39, 0.29) is 0 Å². The number of benzene rings is 2. The third-order valence-electron chi connectivity index (χ3n) is 3.37. The zero-order valence-electron chi connectivity index (χ0n) is 13.2. The summed E-state index contributed by atoms with van der Waals surface area (Å²) in [5.74, 6) is 1.70. The predicted molar refractivity (Wildman–Crippen MR) is 91.3 cm³/mol. The molecule has 0 spiro atoms. The molecule has 2 aromatic carbocycles. The highest BCUT2D eigenvalue weighted by Crippen LogP contribution is 2.12. The number of hydrogen-bond acceptors (Lipinski definition) is 2. The summed E-state index contributed by atoms with van der Waals surface area (Å²) in [5, 5.41) is 6.63. The van der Waals surface area contributed by atoms with Gasteiger partial charge in [-0.05, 0) is 29.7 Å². The fraction of sp³-hybridized carbons (Fsp3) is 0.278. The van der Waals surface area contributed by atoms with E-state index in [0.717, 1.165) is 31.2 Å². The van der Waals surface area contributed by atoms with Crippen molar-refractivity contribution in [3.63, 3.8) is 0 Å². The van der Waals surface area contributed by atoms with E-state index in [4.69, 9.17) is 4.74 Å². The van der Waals surface area contributed by atoms with Gasteiger partial charge in [0.2, 0.25) is 0 Å². The van der Waals surface area contributed by atoms with E-state index >= 15 is 0 Å². The average Bonchev–Trinajstić information content (AvgIpc) is 2.59. The van der Waals surface area contributed by atoms with Crippen LogP contribution in [0.15, 0.2) is 59.6 Å². The lowest BCUT2D eigenvalue weighted by atomic mass is 10.1. The Balaban J connectivity index is 1.76. The Morgan fingerprint density at radius 2 is 1.77 bits per heavy atom. The molecule has 0 amide bonds. The molecule has 22 heavy (non-hydrogen) atoms. The molecule has 0 atom stereocenters. The third-order valence-corrected chi connectivity index (χ3v) is 3.37. The van der Waals surface area contributed by atoms with Crippen LogP contribution in [0.4, 0.5) is 0 Å². The quantitative estimate of drug-likeness (QED) is 0.636. The molecule has 0 aromatic heterocycles. The molecule has 2 aromatic rings. The molecule has 0 heterocycles. The zero-order chi connectivity index (χ0) is 15.6. The normalized spacial score (nSPS) is 11.1. The molecule has 0 aliphatic rings. The summed E-state index contributed by atoms with van der Waals surface area (Å²) in [5.41, 5.74) is 2.48.